The number of likely N-dealkylation sites (N-methyl/N-ethyl adjacent to an activating group) is 1. The van der Waals surface area contributed by atoms with Crippen LogP contribution >= 0.6 is 0 Å². The van der Waals surface area contributed by atoms with E-state index in [1.54, 1.807) is 7.11 Å². The van der Waals surface area contributed by atoms with E-state index in [2.05, 4.69) is 5.32 Å². The number of aryl methyl sites for hydroxylation is 1. The average Bonchev–Trinajstić information content (AvgIpc) is 2.35. The number of aliphatic hydroxyl groups excluding tert-OH is 1. The van der Waals surface area contributed by atoms with Crippen LogP contribution in [-0.4, -0.2) is 31.9 Å². The predicted molar refractivity (Wildman–Crippen MR) is 69.2 cm³/mol. The Balaban J connectivity index is 2.90. The van der Waals surface area contributed by atoms with Crippen LogP contribution in [0.5, 0.6) is 5.75 Å². The zero-order valence-electron chi connectivity index (χ0n) is 10.7. The van der Waals surface area contributed by atoms with Crippen molar-refractivity contribution in [1.82, 2.24) is 5.32 Å². The first-order valence-electron chi connectivity index (χ1n) is 5.84. The summed E-state index contributed by atoms with van der Waals surface area (Å²) in [5.74, 6) is 0.804. The van der Waals surface area contributed by atoms with Crippen molar-refractivity contribution >= 4 is 0 Å². The van der Waals surface area contributed by atoms with Gasteiger partial charge in [-0.25, -0.2) is 0 Å². The van der Waals surface area contributed by atoms with Crippen molar-refractivity contribution in [1.29, 1.82) is 0 Å². The van der Waals surface area contributed by atoms with Crippen molar-refractivity contribution in [3.05, 3.63) is 29.3 Å². The molecule has 0 heterocycles. The summed E-state index contributed by atoms with van der Waals surface area (Å²) in [4.78, 5) is 0. The van der Waals surface area contributed by atoms with Gasteiger partial charge in [0.2, 0.25) is 0 Å². The summed E-state index contributed by atoms with van der Waals surface area (Å²) in [6, 6.07) is 5.67. The van der Waals surface area contributed by atoms with Crippen LogP contribution in [0.2, 0.25) is 0 Å². The Hall–Kier alpha value is -1.10. The Bertz CT molecular complexity index is 355. The Labute approximate surface area is 103 Å². The molecule has 4 heteroatoms. The van der Waals surface area contributed by atoms with Crippen LogP contribution < -0.4 is 15.8 Å². The number of nitrogens with one attached hydrogen (secondary N) is 1. The number of nitrogens with two attached hydrogens (primary N) is 1. The van der Waals surface area contributed by atoms with Gasteiger partial charge in [0.05, 0.1) is 13.2 Å². The molecule has 0 saturated carbocycles. The zero-order valence-corrected chi connectivity index (χ0v) is 10.7. The highest BCUT2D eigenvalue weighted by atomic mass is 16.5. The summed E-state index contributed by atoms with van der Waals surface area (Å²) in [5.41, 5.74) is 7.47. The first-order valence-corrected chi connectivity index (χ1v) is 5.84. The highest BCUT2D eigenvalue weighted by molar-refractivity contribution is 5.36. The number of rotatable bonds is 6. The molecule has 0 spiro atoms. The topological polar surface area (TPSA) is 67.5 Å². The second-order valence-corrected chi connectivity index (χ2v) is 4.14. The maximum absolute atomic E-state index is 10.3. The fourth-order valence-electron chi connectivity index (χ4n) is 1.96. The first kappa shape index (κ1) is 14.0. The minimum Gasteiger partial charge on any atom is -0.497 e. The SMILES string of the molecule is CNC(CCN)C(O)c1ccc(OC)cc1C. The Morgan fingerprint density at radius 2 is 2.18 bits per heavy atom. The highest BCUT2D eigenvalue weighted by Crippen LogP contribution is 2.25. The van der Waals surface area contributed by atoms with E-state index >= 15 is 0 Å². The second-order valence-electron chi connectivity index (χ2n) is 4.14. The zero-order chi connectivity index (χ0) is 12.8. The van der Waals surface area contributed by atoms with Gasteiger partial charge >= 0.3 is 0 Å². The van der Waals surface area contributed by atoms with E-state index in [0.29, 0.717) is 6.54 Å². The molecule has 0 aliphatic heterocycles. The van der Waals surface area contributed by atoms with Gasteiger partial charge in [0, 0.05) is 6.04 Å². The monoisotopic (exact) mass is 238 g/mol. The minimum absolute atomic E-state index is 0.0212. The van der Waals surface area contributed by atoms with Crippen LogP contribution in [-0.2, 0) is 0 Å². The maximum atomic E-state index is 10.3. The van der Waals surface area contributed by atoms with Crippen LogP contribution in [0, 0.1) is 6.92 Å². The molecule has 0 aromatic heterocycles. The lowest BCUT2D eigenvalue weighted by Crippen LogP contribution is -2.34. The van der Waals surface area contributed by atoms with Crippen molar-refractivity contribution in [2.45, 2.75) is 25.5 Å². The molecule has 4 N–H and O–H groups in total. The van der Waals surface area contributed by atoms with Gasteiger partial charge in [0.25, 0.3) is 0 Å². The Morgan fingerprint density at radius 1 is 1.47 bits per heavy atom. The lowest BCUT2D eigenvalue weighted by Gasteiger charge is -2.23. The molecule has 1 aromatic carbocycles. The standard InChI is InChI=1S/C13H22N2O2/c1-9-8-10(17-3)4-5-11(9)13(16)12(15-2)6-7-14/h4-5,8,12-13,15-16H,6-7,14H2,1-3H3. The van der Waals surface area contributed by atoms with Crippen molar-refractivity contribution < 1.29 is 9.84 Å². The third-order valence-corrected chi connectivity index (χ3v) is 3.03. The van der Waals surface area contributed by atoms with Gasteiger partial charge in [-0.2, -0.15) is 0 Å². The summed E-state index contributed by atoms with van der Waals surface area (Å²) in [5, 5.41) is 13.4. The molecule has 2 unspecified atom stereocenters. The molecule has 4 nitrogen and oxygen atoms in total. The number of hydrogen-bond acceptors (Lipinski definition) is 4. The molecule has 1 aromatic rings. The molecule has 0 radical (unpaired) electrons. The van der Waals surface area contributed by atoms with E-state index < -0.39 is 6.10 Å². The fraction of sp³-hybridized carbons (Fsp3) is 0.538. The summed E-state index contributed by atoms with van der Waals surface area (Å²) in [7, 11) is 3.47. The summed E-state index contributed by atoms with van der Waals surface area (Å²) >= 11 is 0. The molecule has 0 saturated heterocycles. The van der Waals surface area contributed by atoms with Crippen molar-refractivity contribution in [2.24, 2.45) is 5.73 Å². The number of hydrogen-bond donors (Lipinski definition) is 3. The molecular formula is C13H22N2O2. The predicted octanol–water partition coefficient (Wildman–Crippen LogP) is 0.974. The molecule has 0 aliphatic carbocycles. The molecule has 0 bridgehead atoms. The van der Waals surface area contributed by atoms with Crippen molar-refractivity contribution in [2.75, 3.05) is 20.7 Å². The smallest absolute Gasteiger partial charge is 0.119 e. The summed E-state index contributed by atoms with van der Waals surface area (Å²) < 4.78 is 5.15. The number of aliphatic hydroxyl groups is 1. The lowest BCUT2D eigenvalue weighted by atomic mass is 9.96. The minimum atomic E-state index is -0.547. The van der Waals surface area contributed by atoms with E-state index in [4.69, 9.17) is 10.5 Å². The number of ether oxygens (including phenoxy) is 1. The Kier molecular flexibility index (Phi) is 5.41. The van der Waals surface area contributed by atoms with Crippen LogP contribution in [0.1, 0.15) is 23.7 Å². The molecule has 96 valence electrons. The third-order valence-electron chi connectivity index (χ3n) is 3.03. The fourth-order valence-corrected chi connectivity index (χ4v) is 1.96. The normalized spacial score (nSPS) is 14.4. The van der Waals surface area contributed by atoms with Crippen LogP contribution in [0.15, 0.2) is 18.2 Å². The van der Waals surface area contributed by atoms with E-state index in [-0.39, 0.29) is 6.04 Å². The van der Waals surface area contributed by atoms with Gasteiger partial charge in [0.1, 0.15) is 5.75 Å². The molecular weight excluding hydrogens is 216 g/mol. The maximum Gasteiger partial charge on any atom is 0.119 e. The van der Waals surface area contributed by atoms with E-state index in [1.807, 2.05) is 32.2 Å². The molecule has 0 fully saturated rings. The summed E-state index contributed by atoms with van der Waals surface area (Å²) in [6.07, 6.45) is 0.192. The molecule has 1 rings (SSSR count). The Morgan fingerprint density at radius 3 is 2.65 bits per heavy atom. The van der Waals surface area contributed by atoms with E-state index in [9.17, 15) is 5.11 Å². The lowest BCUT2D eigenvalue weighted by molar-refractivity contribution is 0.128. The van der Waals surface area contributed by atoms with E-state index in [1.165, 1.54) is 0 Å². The van der Waals surface area contributed by atoms with Gasteiger partial charge in [0.15, 0.2) is 0 Å². The molecule has 17 heavy (non-hydrogen) atoms. The largest absolute Gasteiger partial charge is 0.497 e. The van der Waals surface area contributed by atoms with Gasteiger partial charge in [-0.15, -0.1) is 0 Å². The average molecular weight is 238 g/mol. The second kappa shape index (κ2) is 6.59. The van der Waals surface area contributed by atoms with Crippen molar-refractivity contribution in [3.8, 4) is 5.75 Å². The molecule has 2 atom stereocenters. The third kappa shape index (κ3) is 3.43. The van der Waals surface area contributed by atoms with Gasteiger partial charge < -0.3 is 20.9 Å². The molecule has 0 amide bonds. The summed E-state index contributed by atoms with van der Waals surface area (Å²) in [6.45, 7) is 2.52. The molecule has 0 aliphatic rings. The van der Waals surface area contributed by atoms with Gasteiger partial charge in [-0.3, -0.25) is 0 Å². The van der Waals surface area contributed by atoms with E-state index in [0.717, 1.165) is 23.3 Å². The highest BCUT2D eigenvalue weighted by Gasteiger charge is 2.20. The quantitative estimate of drug-likeness (QED) is 0.691. The van der Waals surface area contributed by atoms with Crippen LogP contribution in [0.4, 0.5) is 0 Å². The number of methoxy groups -OCH3 is 1. The first-order chi connectivity index (χ1) is 8.13. The van der Waals surface area contributed by atoms with Crippen LogP contribution in [0.3, 0.4) is 0 Å². The number of benzene rings is 1. The van der Waals surface area contributed by atoms with Crippen LogP contribution in [0.25, 0.3) is 0 Å². The van der Waals surface area contributed by atoms with Gasteiger partial charge in [-0.1, -0.05) is 6.07 Å². The van der Waals surface area contributed by atoms with Crippen molar-refractivity contribution in [3.63, 3.8) is 0 Å². The van der Waals surface area contributed by atoms with Gasteiger partial charge in [-0.05, 0) is 50.2 Å².